The lowest BCUT2D eigenvalue weighted by atomic mass is 9.85. The second-order valence-electron chi connectivity index (χ2n) is 5.64. The summed E-state index contributed by atoms with van der Waals surface area (Å²) in [5.74, 6) is 1.15. The summed E-state index contributed by atoms with van der Waals surface area (Å²) in [7, 11) is 0. The number of benzene rings is 1. The fourth-order valence-corrected chi connectivity index (χ4v) is 2.78. The van der Waals surface area contributed by atoms with E-state index in [0.29, 0.717) is 23.3 Å². The molecule has 0 atom stereocenters. The van der Waals surface area contributed by atoms with Gasteiger partial charge in [-0.3, -0.25) is 0 Å². The van der Waals surface area contributed by atoms with Gasteiger partial charge in [0.15, 0.2) is 0 Å². The van der Waals surface area contributed by atoms with Gasteiger partial charge in [-0.25, -0.2) is 9.78 Å². The Morgan fingerprint density at radius 2 is 1.84 bits per heavy atom. The van der Waals surface area contributed by atoms with Crippen LogP contribution in [0.15, 0.2) is 18.2 Å². The molecule has 1 heterocycles. The standard InChI is InChI=1S/C15H20N2O2/c1-8(2)12(9(3)4)14-16-11-7-5-6-10(15(18)19)13(11)17-14/h5-9,12H,1-4H3,(H,16,17)(H,18,19). The number of para-hydroxylation sites is 1. The zero-order valence-corrected chi connectivity index (χ0v) is 11.8. The van der Waals surface area contributed by atoms with Crippen LogP contribution < -0.4 is 0 Å². The number of H-pyrrole nitrogens is 1. The molecule has 0 spiro atoms. The molecular weight excluding hydrogens is 240 g/mol. The normalized spacial score (nSPS) is 11.9. The molecule has 19 heavy (non-hydrogen) atoms. The predicted molar refractivity (Wildman–Crippen MR) is 75.5 cm³/mol. The number of carboxylic acid groups (broad SMARTS) is 1. The van der Waals surface area contributed by atoms with Crippen molar-refractivity contribution >= 4 is 17.0 Å². The second-order valence-corrected chi connectivity index (χ2v) is 5.64. The van der Waals surface area contributed by atoms with Crippen LogP contribution in [0.25, 0.3) is 11.0 Å². The molecule has 2 rings (SSSR count). The van der Waals surface area contributed by atoms with Crippen molar-refractivity contribution in [3.63, 3.8) is 0 Å². The highest BCUT2D eigenvalue weighted by Gasteiger charge is 2.24. The number of rotatable bonds is 4. The topological polar surface area (TPSA) is 66.0 Å². The van der Waals surface area contributed by atoms with Crippen molar-refractivity contribution in [1.29, 1.82) is 0 Å². The minimum Gasteiger partial charge on any atom is -0.478 e. The number of carbonyl (C=O) groups is 1. The van der Waals surface area contributed by atoms with Crippen molar-refractivity contribution in [2.45, 2.75) is 33.6 Å². The molecule has 4 heteroatoms. The lowest BCUT2D eigenvalue weighted by Crippen LogP contribution is -2.14. The quantitative estimate of drug-likeness (QED) is 0.881. The monoisotopic (exact) mass is 260 g/mol. The van der Waals surface area contributed by atoms with E-state index >= 15 is 0 Å². The number of nitrogens with zero attached hydrogens (tertiary/aromatic N) is 1. The number of carboxylic acids is 1. The van der Waals surface area contributed by atoms with Crippen LogP contribution in [0, 0.1) is 11.8 Å². The molecule has 102 valence electrons. The summed E-state index contributed by atoms with van der Waals surface area (Å²) in [6.45, 7) is 8.65. The first-order valence-electron chi connectivity index (χ1n) is 6.63. The number of aromatic nitrogens is 2. The third-order valence-electron chi connectivity index (χ3n) is 3.51. The van der Waals surface area contributed by atoms with E-state index in [1.165, 1.54) is 0 Å². The van der Waals surface area contributed by atoms with E-state index in [0.717, 1.165) is 11.3 Å². The van der Waals surface area contributed by atoms with E-state index in [-0.39, 0.29) is 5.56 Å². The van der Waals surface area contributed by atoms with Gasteiger partial charge in [0.05, 0.1) is 11.1 Å². The molecule has 1 aromatic carbocycles. The molecule has 0 fully saturated rings. The number of imidazole rings is 1. The Kier molecular flexibility index (Phi) is 3.60. The summed E-state index contributed by atoms with van der Waals surface area (Å²) in [5.41, 5.74) is 1.60. The van der Waals surface area contributed by atoms with E-state index in [9.17, 15) is 9.90 Å². The molecule has 0 aliphatic rings. The zero-order valence-electron chi connectivity index (χ0n) is 11.8. The minimum atomic E-state index is -0.936. The molecule has 0 saturated heterocycles. The Labute approximate surface area is 112 Å². The minimum absolute atomic E-state index is 0.256. The third kappa shape index (κ3) is 2.48. The van der Waals surface area contributed by atoms with Crippen LogP contribution >= 0.6 is 0 Å². The first kappa shape index (κ1) is 13.6. The lowest BCUT2D eigenvalue weighted by molar-refractivity contribution is 0.0699. The van der Waals surface area contributed by atoms with Crippen LogP contribution in [0.1, 0.15) is 49.8 Å². The van der Waals surface area contributed by atoms with Crippen molar-refractivity contribution in [1.82, 2.24) is 9.97 Å². The summed E-state index contributed by atoms with van der Waals surface area (Å²) >= 11 is 0. The highest BCUT2D eigenvalue weighted by atomic mass is 16.4. The number of aromatic carboxylic acids is 1. The van der Waals surface area contributed by atoms with E-state index < -0.39 is 5.97 Å². The van der Waals surface area contributed by atoms with Gasteiger partial charge in [0, 0.05) is 5.92 Å². The number of hydrogen-bond donors (Lipinski definition) is 2. The molecule has 0 aliphatic heterocycles. The Morgan fingerprint density at radius 1 is 1.21 bits per heavy atom. The van der Waals surface area contributed by atoms with Gasteiger partial charge in [-0.05, 0) is 24.0 Å². The largest absolute Gasteiger partial charge is 0.478 e. The Bertz CT molecular complexity index is 591. The third-order valence-corrected chi connectivity index (χ3v) is 3.51. The van der Waals surface area contributed by atoms with Crippen LogP contribution in [0.5, 0.6) is 0 Å². The molecule has 0 aliphatic carbocycles. The summed E-state index contributed by atoms with van der Waals surface area (Å²) in [6.07, 6.45) is 0. The van der Waals surface area contributed by atoms with Crippen LogP contribution in [0.2, 0.25) is 0 Å². The van der Waals surface area contributed by atoms with Crippen molar-refractivity contribution in [3.8, 4) is 0 Å². The Morgan fingerprint density at radius 3 is 2.37 bits per heavy atom. The average Bonchev–Trinajstić information content (AvgIpc) is 2.69. The molecular formula is C15H20N2O2. The van der Waals surface area contributed by atoms with Gasteiger partial charge in [-0.15, -0.1) is 0 Å². The summed E-state index contributed by atoms with van der Waals surface area (Å²) in [4.78, 5) is 19.0. The average molecular weight is 260 g/mol. The predicted octanol–water partition coefficient (Wildman–Crippen LogP) is 3.66. The fraction of sp³-hybridized carbons (Fsp3) is 0.467. The SMILES string of the molecule is CC(C)C(c1nc2c(C(=O)O)cccc2[nH]1)C(C)C. The van der Waals surface area contributed by atoms with Crippen LogP contribution in [0.3, 0.4) is 0 Å². The van der Waals surface area contributed by atoms with Gasteiger partial charge in [0.25, 0.3) is 0 Å². The van der Waals surface area contributed by atoms with Gasteiger partial charge in [0.2, 0.25) is 0 Å². The van der Waals surface area contributed by atoms with Gasteiger partial charge in [-0.1, -0.05) is 33.8 Å². The zero-order chi connectivity index (χ0) is 14.2. The lowest BCUT2D eigenvalue weighted by Gasteiger charge is -2.22. The summed E-state index contributed by atoms with van der Waals surface area (Å²) in [6, 6.07) is 5.21. The molecule has 0 bridgehead atoms. The van der Waals surface area contributed by atoms with Gasteiger partial charge in [0.1, 0.15) is 11.3 Å². The summed E-state index contributed by atoms with van der Waals surface area (Å²) in [5, 5.41) is 9.20. The van der Waals surface area contributed by atoms with Crippen molar-refractivity contribution in [2.24, 2.45) is 11.8 Å². The Balaban J connectivity index is 2.58. The molecule has 1 aromatic heterocycles. The number of nitrogens with one attached hydrogen (secondary N) is 1. The number of hydrogen-bond acceptors (Lipinski definition) is 2. The molecule has 2 aromatic rings. The molecule has 0 amide bonds. The molecule has 0 radical (unpaired) electrons. The highest BCUT2D eigenvalue weighted by Crippen LogP contribution is 2.31. The van der Waals surface area contributed by atoms with Gasteiger partial charge in [-0.2, -0.15) is 0 Å². The number of aromatic amines is 1. The van der Waals surface area contributed by atoms with Gasteiger partial charge < -0.3 is 10.1 Å². The smallest absolute Gasteiger partial charge is 0.337 e. The molecule has 2 N–H and O–H groups in total. The van der Waals surface area contributed by atoms with Gasteiger partial charge >= 0.3 is 5.97 Å². The van der Waals surface area contributed by atoms with E-state index in [4.69, 9.17) is 0 Å². The maximum atomic E-state index is 11.2. The first-order chi connectivity index (χ1) is 8.91. The first-order valence-corrected chi connectivity index (χ1v) is 6.63. The highest BCUT2D eigenvalue weighted by molar-refractivity contribution is 6.00. The van der Waals surface area contributed by atoms with Crippen molar-refractivity contribution < 1.29 is 9.90 Å². The molecule has 0 saturated carbocycles. The summed E-state index contributed by atoms with van der Waals surface area (Å²) < 4.78 is 0. The van der Waals surface area contributed by atoms with Crippen LogP contribution in [0.4, 0.5) is 0 Å². The van der Waals surface area contributed by atoms with Crippen molar-refractivity contribution in [2.75, 3.05) is 0 Å². The maximum Gasteiger partial charge on any atom is 0.337 e. The Hall–Kier alpha value is -1.84. The molecule has 0 unspecified atom stereocenters. The van der Waals surface area contributed by atoms with E-state index in [1.54, 1.807) is 12.1 Å². The van der Waals surface area contributed by atoms with Crippen LogP contribution in [-0.2, 0) is 0 Å². The van der Waals surface area contributed by atoms with E-state index in [1.807, 2.05) is 6.07 Å². The van der Waals surface area contributed by atoms with E-state index in [2.05, 4.69) is 37.7 Å². The van der Waals surface area contributed by atoms with Crippen molar-refractivity contribution in [3.05, 3.63) is 29.6 Å². The second kappa shape index (κ2) is 5.03. The fourth-order valence-electron chi connectivity index (χ4n) is 2.78. The maximum absolute atomic E-state index is 11.2. The van der Waals surface area contributed by atoms with Crippen LogP contribution in [-0.4, -0.2) is 21.0 Å². The molecule has 4 nitrogen and oxygen atoms in total. The number of fused-ring (bicyclic) bond motifs is 1.